The first kappa shape index (κ1) is 19.0. The Hall–Kier alpha value is -3.36. The van der Waals surface area contributed by atoms with E-state index in [2.05, 4.69) is 20.6 Å². The zero-order valence-corrected chi connectivity index (χ0v) is 14.0. The second kappa shape index (κ2) is 9.82. The summed E-state index contributed by atoms with van der Waals surface area (Å²) < 4.78 is 5.01. The molecule has 1 atom stereocenters. The van der Waals surface area contributed by atoms with E-state index < -0.39 is 24.0 Å². The van der Waals surface area contributed by atoms with Crippen LogP contribution < -0.4 is 10.6 Å². The Labute approximate surface area is 149 Å². The first-order valence-electron chi connectivity index (χ1n) is 7.99. The van der Waals surface area contributed by atoms with Crippen molar-refractivity contribution < 1.29 is 24.2 Å². The van der Waals surface area contributed by atoms with Crippen molar-refractivity contribution >= 4 is 18.0 Å². The zero-order valence-electron chi connectivity index (χ0n) is 14.0. The minimum atomic E-state index is -1.16. The van der Waals surface area contributed by atoms with E-state index in [4.69, 9.17) is 4.74 Å². The van der Waals surface area contributed by atoms with Gasteiger partial charge in [-0.25, -0.2) is 14.6 Å². The molecule has 0 radical (unpaired) electrons. The molecule has 0 spiro atoms. The average Bonchev–Trinajstić information content (AvgIpc) is 3.13. The Morgan fingerprint density at radius 3 is 2.65 bits per heavy atom. The number of ether oxygens (including phenoxy) is 1. The van der Waals surface area contributed by atoms with Crippen LogP contribution in [0.2, 0.25) is 0 Å². The van der Waals surface area contributed by atoms with Gasteiger partial charge in [-0.1, -0.05) is 30.3 Å². The van der Waals surface area contributed by atoms with Crippen molar-refractivity contribution in [3.8, 4) is 0 Å². The van der Waals surface area contributed by atoms with E-state index >= 15 is 0 Å². The molecule has 0 saturated carbocycles. The first-order chi connectivity index (χ1) is 12.5. The van der Waals surface area contributed by atoms with Crippen molar-refractivity contribution in [2.24, 2.45) is 0 Å². The number of carbonyl (C=O) groups is 3. The highest BCUT2D eigenvalue weighted by atomic mass is 16.5. The van der Waals surface area contributed by atoms with Gasteiger partial charge in [0.15, 0.2) is 0 Å². The molecule has 0 aliphatic carbocycles. The summed E-state index contributed by atoms with van der Waals surface area (Å²) in [7, 11) is 0. The van der Waals surface area contributed by atoms with Gasteiger partial charge in [0.1, 0.15) is 12.6 Å². The van der Waals surface area contributed by atoms with Crippen molar-refractivity contribution in [3.63, 3.8) is 0 Å². The van der Waals surface area contributed by atoms with Crippen LogP contribution in [0.1, 0.15) is 17.7 Å². The lowest BCUT2D eigenvalue weighted by atomic mass is 10.1. The van der Waals surface area contributed by atoms with E-state index in [1.54, 1.807) is 6.20 Å². The normalized spacial score (nSPS) is 11.4. The minimum Gasteiger partial charge on any atom is -0.480 e. The molecule has 9 nitrogen and oxygen atoms in total. The van der Waals surface area contributed by atoms with Crippen molar-refractivity contribution in [2.45, 2.75) is 25.5 Å². The van der Waals surface area contributed by atoms with Gasteiger partial charge in [0.2, 0.25) is 5.91 Å². The number of alkyl carbamates (subject to hydrolysis) is 1. The van der Waals surface area contributed by atoms with Crippen LogP contribution in [0.3, 0.4) is 0 Å². The Kier molecular flexibility index (Phi) is 7.17. The summed E-state index contributed by atoms with van der Waals surface area (Å²) in [5.41, 5.74) is 1.38. The quantitative estimate of drug-likeness (QED) is 0.524. The van der Waals surface area contributed by atoms with Crippen LogP contribution in [-0.2, 0) is 27.4 Å². The Morgan fingerprint density at radius 1 is 1.23 bits per heavy atom. The molecule has 1 aromatic carbocycles. The average molecular weight is 360 g/mol. The van der Waals surface area contributed by atoms with Crippen LogP contribution in [0.5, 0.6) is 0 Å². The molecule has 0 saturated heterocycles. The van der Waals surface area contributed by atoms with Crippen molar-refractivity contribution in [2.75, 3.05) is 6.54 Å². The van der Waals surface area contributed by atoms with Crippen LogP contribution in [-0.4, -0.2) is 45.6 Å². The van der Waals surface area contributed by atoms with E-state index in [-0.39, 0.29) is 26.0 Å². The van der Waals surface area contributed by atoms with Gasteiger partial charge in [-0.3, -0.25) is 4.79 Å². The maximum atomic E-state index is 11.9. The van der Waals surface area contributed by atoms with E-state index in [0.29, 0.717) is 5.69 Å². The van der Waals surface area contributed by atoms with E-state index in [1.165, 1.54) is 6.33 Å². The number of imidazole rings is 1. The number of rotatable bonds is 9. The smallest absolute Gasteiger partial charge is 0.407 e. The molecule has 1 aromatic heterocycles. The molecule has 0 fully saturated rings. The second-order valence-electron chi connectivity index (χ2n) is 5.46. The van der Waals surface area contributed by atoms with E-state index in [1.807, 2.05) is 30.3 Å². The summed E-state index contributed by atoms with van der Waals surface area (Å²) in [4.78, 5) is 41.3. The number of H-pyrrole nitrogens is 1. The lowest BCUT2D eigenvalue weighted by Gasteiger charge is -2.13. The standard InChI is InChI=1S/C17H20N4O5/c22-15(21-14(16(23)24)8-13-9-18-11-20-13)6-7-19-17(25)26-10-12-4-2-1-3-5-12/h1-5,9,11,14H,6-8,10H2,(H,18,20)(H,19,25)(H,21,22)(H,23,24). The van der Waals surface area contributed by atoms with Crippen molar-refractivity contribution in [3.05, 3.63) is 54.1 Å². The number of nitrogens with one attached hydrogen (secondary N) is 3. The third kappa shape index (κ3) is 6.63. The predicted molar refractivity (Wildman–Crippen MR) is 91.1 cm³/mol. The number of nitrogens with zero attached hydrogens (tertiary/aromatic N) is 1. The summed E-state index contributed by atoms with van der Waals surface area (Å²) in [6.07, 6.45) is 2.35. The lowest BCUT2D eigenvalue weighted by Crippen LogP contribution is -2.43. The maximum Gasteiger partial charge on any atom is 0.407 e. The molecule has 1 heterocycles. The number of carboxylic acids is 1. The number of aromatic nitrogens is 2. The molecular formula is C17H20N4O5. The number of benzene rings is 1. The Bertz CT molecular complexity index is 718. The van der Waals surface area contributed by atoms with Crippen molar-refractivity contribution in [1.82, 2.24) is 20.6 Å². The number of aromatic amines is 1. The number of carbonyl (C=O) groups excluding carboxylic acids is 2. The molecule has 0 aliphatic heterocycles. The monoisotopic (exact) mass is 360 g/mol. The molecule has 0 bridgehead atoms. The molecule has 1 unspecified atom stereocenters. The van der Waals surface area contributed by atoms with Gasteiger partial charge >= 0.3 is 12.1 Å². The summed E-state index contributed by atoms with van der Waals surface area (Å²) >= 11 is 0. The van der Waals surface area contributed by atoms with E-state index in [0.717, 1.165) is 5.56 Å². The Balaban J connectivity index is 1.66. The zero-order chi connectivity index (χ0) is 18.8. The molecular weight excluding hydrogens is 340 g/mol. The largest absolute Gasteiger partial charge is 0.480 e. The number of hydrogen-bond donors (Lipinski definition) is 4. The van der Waals surface area contributed by atoms with Crippen LogP contribution >= 0.6 is 0 Å². The van der Waals surface area contributed by atoms with Gasteiger partial charge in [-0.15, -0.1) is 0 Å². The minimum absolute atomic E-state index is 0.0359. The van der Waals surface area contributed by atoms with Gasteiger partial charge in [0.25, 0.3) is 0 Å². The van der Waals surface area contributed by atoms with Crippen LogP contribution in [0.15, 0.2) is 42.9 Å². The summed E-state index contributed by atoms with van der Waals surface area (Å²) in [5.74, 6) is -1.65. The lowest BCUT2D eigenvalue weighted by molar-refractivity contribution is -0.141. The molecule has 2 rings (SSSR count). The highest BCUT2D eigenvalue weighted by molar-refractivity contribution is 5.84. The van der Waals surface area contributed by atoms with Crippen LogP contribution in [0.25, 0.3) is 0 Å². The molecule has 26 heavy (non-hydrogen) atoms. The third-order valence-corrected chi connectivity index (χ3v) is 3.44. The maximum absolute atomic E-state index is 11.9. The van der Waals surface area contributed by atoms with Gasteiger partial charge in [0.05, 0.1) is 12.0 Å². The molecule has 9 heteroatoms. The Morgan fingerprint density at radius 2 is 2.00 bits per heavy atom. The first-order valence-corrected chi connectivity index (χ1v) is 7.99. The highest BCUT2D eigenvalue weighted by Gasteiger charge is 2.21. The molecule has 138 valence electrons. The van der Waals surface area contributed by atoms with Crippen LogP contribution in [0, 0.1) is 0 Å². The summed E-state index contributed by atoms with van der Waals surface area (Å²) in [5, 5.41) is 14.0. The fraction of sp³-hybridized carbons (Fsp3) is 0.294. The molecule has 0 aliphatic rings. The topological polar surface area (TPSA) is 133 Å². The fourth-order valence-corrected chi connectivity index (χ4v) is 2.13. The number of carboxylic acid groups (broad SMARTS) is 1. The third-order valence-electron chi connectivity index (χ3n) is 3.44. The SMILES string of the molecule is O=C(CCNC(=O)OCc1ccccc1)NC(Cc1c[nH]cn1)C(=O)O. The molecule has 2 aromatic rings. The van der Waals surface area contributed by atoms with Crippen LogP contribution in [0.4, 0.5) is 4.79 Å². The predicted octanol–water partition coefficient (Wildman–Crippen LogP) is 0.838. The van der Waals surface area contributed by atoms with Gasteiger partial charge < -0.3 is 25.5 Å². The van der Waals surface area contributed by atoms with Crippen molar-refractivity contribution in [1.29, 1.82) is 0 Å². The summed E-state index contributed by atoms with van der Waals surface area (Å²) in [6, 6.07) is 8.10. The van der Waals surface area contributed by atoms with Gasteiger partial charge in [-0.2, -0.15) is 0 Å². The molecule has 4 N–H and O–H groups in total. The number of aliphatic carboxylic acids is 1. The van der Waals surface area contributed by atoms with Gasteiger partial charge in [0, 0.05) is 25.6 Å². The highest BCUT2D eigenvalue weighted by Crippen LogP contribution is 2.01. The van der Waals surface area contributed by atoms with Gasteiger partial charge in [-0.05, 0) is 5.56 Å². The fourth-order valence-electron chi connectivity index (χ4n) is 2.13. The van der Waals surface area contributed by atoms with E-state index in [9.17, 15) is 19.5 Å². The number of hydrogen-bond acceptors (Lipinski definition) is 5. The number of amides is 2. The second-order valence-corrected chi connectivity index (χ2v) is 5.46. The molecule has 2 amide bonds. The summed E-state index contributed by atoms with van der Waals surface area (Å²) in [6.45, 7) is 0.165.